The van der Waals surface area contributed by atoms with E-state index in [-0.39, 0.29) is 11.6 Å². The Morgan fingerprint density at radius 3 is 2.21 bits per heavy atom. The third kappa shape index (κ3) is 5.32. The van der Waals surface area contributed by atoms with E-state index in [2.05, 4.69) is 10.6 Å². The Bertz CT molecular complexity index is 1030. The zero-order chi connectivity index (χ0) is 20.6. The molecule has 0 radical (unpaired) electrons. The van der Waals surface area contributed by atoms with Gasteiger partial charge in [-0.25, -0.2) is 0 Å². The number of hydrogen-bond donors (Lipinski definition) is 2. The maximum Gasteiger partial charge on any atom is 0.272 e. The summed E-state index contributed by atoms with van der Waals surface area (Å²) in [6.07, 6.45) is 1.60. The van der Waals surface area contributed by atoms with Gasteiger partial charge in [-0.1, -0.05) is 54.1 Å². The molecule has 0 fully saturated rings. The molecule has 0 spiro atoms. The molecule has 3 aromatic rings. The largest absolute Gasteiger partial charge is 0.496 e. The number of amides is 2. The van der Waals surface area contributed by atoms with Gasteiger partial charge in [0.1, 0.15) is 11.4 Å². The summed E-state index contributed by atoms with van der Waals surface area (Å²) in [6, 6.07) is 23.5. The first-order chi connectivity index (χ1) is 14.1. The normalized spacial score (nSPS) is 10.9. The van der Waals surface area contributed by atoms with Crippen molar-refractivity contribution in [2.45, 2.75) is 6.92 Å². The topological polar surface area (TPSA) is 67.4 Å². The molecule has 29 heavy (non-hydrogen) atoms. The van der Waals surface area contributed by atoms with Gasteiger partial charge < -0.3 is 15.4 Å². The number of ether oxygens (including phenoxy) is 1. The van der Waals surface area contributed by atoms with E-state index in [1.807, 2.05) is 55.5 Å². The molecule has 0 unspecified atom stereocenters. The van der Waals surface area contributed by atoms with Crippen molar-refractivity contribution in [2.24, 2.45) is 0 Å². The summed E-state index contributed by atoms with van der Waals surface area (Å²) in [4.78, 5) is 25.6. The summed E-state index contributed by atoms with van der Waals surface area (Å²) in [5.74, 6) is -0.197. The smallest absolute Gasteiger partial charge is 0.272 e. The Labute approximate surface area is 170 Å². The second kappa shape index (κ2) is 9.37. The lowest BCUT2D eigenvalue weighted by molar-refractivity contribution is -0.113. The lowest BCUT2D eigenvalue weighted by Crippen LogP contribution is -2.30. The molecule has 2 amide bonds. The fourth-order valence-electron chi connectivity index (χ4n) is 2.72. The highest BCUT2D eigenvalue weighted by atomic mass is 16.5. The molecular weight excluding hydrogens is 364 g/mol. The Balaban J connectivity index is 1.92. The van der Waals surface area contributed by atoms with E-state index < -0.39 is 5.91 Å². The van der Waals surface area contributed by atoms with Crippen LogP contribution in [0.2, 0.25) is 0 Å². The van der Waals surface area contributed by atoms with Crippen LogP contribution in [0, 0.1) is 6.92 Å². The van der Waals surface area contributed by atoms with E-state index in [4.69, 9.17) is 4.74 Å². The van der Waals surface area contributed by atoms with Crippen LogP contribution >= 0.6 is 0 Å². The van der Waals surface area contributed by atoms with Gasteiger partial charge in [0.25, 0.3) is 11.8 Å². The molecule has 3 rings (SSSR count). The summed E-state index contributed by atoms with van der Waals surface area (Å²) < 4.78 is 5.36. The number of nitrogens with one attached hydrogen (secondary N) is 2. The van der Waals surface area contributed by atoms with Gasteiger partial charge in [0.15, 0.2) is 0 Å². The first-order valence-corrected chi connectivity index (χ1v) is 9.16. The summed E-state index contributed by atoms with van der Waals surface area (Å²) in [5, 5.41) is 5.54. The van der Waals surface area contributed by atoms with Crippen molar-refractivity contribution in [3.63, 3.8) is 0 Å². The Hall–Kier alpha value is -3.86. The van der Waals surface area contributed by atoms with Crippen LogP contribution in [-0.2, 0) is 4.79 Å². The number of aryl methyl sites for hydroxylation is 1. The molecule has 0 saturated carbocycles. The predicted molar refractivity (Wildman–Crippen MR) is 115 cm³/mol. The first-order valence-electron chi connectivity index (χ1n) is 9.16. The molecule has 0 heterocycles. The van der Waals surface area contributed by atoms with E-state index in [0.717, 1.165) is 5.56 Å². The molecule has 0 aliphatic rings. The van der Waals surface area contributed by atoms with E-state index in [1.165, 1.54) is 0 Å². The Morgan fingerprint density at radius 1 is 0.862 bits per heavy atom. The molecule has 0 aromatic heterocycles. The maximum atomic E-state index is 12.9. The average molecular weight is 386 g/mol. The van der Waals surface area contributed by atoms with Gasteiger partial charge in [0.05, 0.1) is 7.11 Å². The zero-order valence-electron chi connectivity index (χ0n) is 16.3. The van der Waals surface area contributed by atoms with Gasteiger partial charge in [-0.3, -0.25) is 9.59 Å². The number of para-hydroxylation sites is 1. The first kappa shape index (κ1) is 19.9. The molecule has 0 aliphatic carbocycles. The van der Waals surface area contributed by atoms with Crippen LogP contribution in [0.4, 0.5) is 5.69 Å². The van der Waals surface area contributed by atoms with Crippen LogP contribution in [0.25, 0.3) is 6.08 Å². The molecule has 0 atom stereocenters. The minimum absolute atomic E-state index is 0.115. The SMILES string of the molecule is COc1ccccc1/C=C(/NC(=O)c1ccccc1)C(=O)Nc1ccc(C)cc1. The van der Waals surface area contributed by atoms with E-state index in [9.17, 15) is 9.59 Å². The van der Waals surface area contributed by atoms with Gasteiger partial charge >= 0.3 is 0 Å². The number of carbonyl (C=O) groups is 2. The van der Waals surface area contributed by atoms with Crippen LogP contribution in [0.3, 0.4) is 0 Å². The third-order valence-corrected chi connectivity index (χ3v) is 4.28. The number of methoxy groups -OCH3 is 1. The molecular formula is C24H22N2O3. The van der Waals surface area contributed by atoms with Gasteiger partial charge in [-0.15, -0.1) is 0 Å². The van der Waals surface area contributed by atoms with Crippen molar-refractivity contribution in [3.05, 3.63) is 101 Å². The molecule has 2 N–H and O–H groups in total. The summed E-state index contributed by atoms with van der Waals surface area (Å²) in [6.45, 7) is 1.97. The molecule has 5 nitrogen and oxygen atoms in total. The van der Waals surface area contributed by atoms with Crippen molar-refractivity contribution in [2.75, 3.05) is 12.4 Å². The second-order valence-corrected chi connectivity index (χ2v) is 6.44. The zero-order valence-corrected chi connectivity index (χ0v) is 16.3. The van der Waals surface area contributed by atoms with Crippen molar-refractivity contribution in [1.29, 1.82) is 0 Å². The van der Waals surface area contributed by atoms with E-state index in [1.54, 1.807) is 43.5 Å². The molecule has 146 valence electrons. The average Bonchev–Trinajstić information content (AvgIpc) is 2.75. The fourth-order valence-corrected chi connectivity index (χ4v) is 2.72. The quantitative estimate of drug-likeness (QED) is 0.617. The minimum atomic E-state index is -0.427. The van der Waals surface area contributed by atoms with Crippen LogP contribution in [0.5, 0.6) is 5.75 Å². The lowest BCUT2D eigenvalue weighted by Gasteiger charge is -2.12. The van der Waals surface area contributed by atoms with Crippen molar-refractivity contribution in [3.8, 4) is 5.75 Å². The highest BCUT2D eigenvalue weighted by Crippen LogP contribution is 2.21. The van der Waals surface area contributed by atoms with Crippen LogP contribution < -0.4 is 15.4 Å². The van der Waals surface area contributed by atoms with Gasteiger partial charge in [-0.05, 0) is 43.3 Å². The van der Waals surface area contributed by atoms with Gasteiger partial charge in [0.2, 0.25) is 0 Å². The molecule has 0 saturated heterocycles. The Kier molecular flexibility index (Phi) is 6.43. The molecule has 5 heteroatoms. The highest BCUT2D eigenvalue weighted by molar-refractivity contribution is 6.10. The second-order valence-electron chi connectivity index (χ2n) is 6.44. The van der Waals surface area contributed by atoms with E-state index >= 15 is 0 Å². The van der Waals surface area contributed by atoms with Crippen LogP contribution in [0.1, 0.15) is 21.5 Å². The third-order valence-electron chi connectivity index (χ3n) is 4.28. The predicted octanol–water partition coefficient (Wildman–Crippen LogP) is 4.41. The standard InChI is InChI=1S/C24H22N2O3/c1-17-12-14-20(15-13-17)25-24(28)21(16-19-10-6-7-11-22(19)29-2)26-23(27)18-8-4-3-5-9-18/h3-16H,1-2H3,(H,25,28)(H,26,27)/b21-16+. The molecule has 3 aromatic carbocycles. The summed E-state index contributed by atoms with van der Waals surface area (Å²) >= 11 is 0. The van der Waals surface area contributed by atoms with Crippen LogP contribution in [0.15, 0.2) is 84.6 Å². The monoisotopic (exact) mass is 386 g/mol. The number of benzene rings is 3. The van der Waals surface area contributed by atoms with Crippen molar-refractivity contribution < 1.29 is 14.3 Å². The number of rotatable bonds is 6. The highest BCUT2D eigenvalue weighted by Gasteiger charge is 2.16. The summed E-state index contributed by atoms with van der Waals surface area (Å²) in [5.41, 5.74) is 2.98. The van der Waals surface area contributed by atoms with Crippen molar-refractivity contribution >= 4 is 23.6 Å². The summed E-state index contributed by atoms with van der Waals surface area (Å²) in [7, 11) is 1.56. The van der Waals surface area contributed by atoms with E-state index in [0.29, 0.717) is 22.6 Å². The number of anilines is 1. The van der Waals surface area contributed by atoms with Gasteiger partial charge in [0, 0.05) is 16.8 Å². The minimum Gasteiger partial charge on any atom is -0.496 e. The number of hydrogen-bond acceptors (Lipinski definition) is 3. The Morgan fingerprint density at radius 2 is 1.52 bits per heavy atom. The maximum absolute atomic E-state index is 12.9. The van der Waals surface area contributed by atoms with Gasteiger partial charge in [-0.2, -0.15) is 0 Å². The molecule has 0 bridgehead atoms. The lowest BCUT2D eigenvalue weighted by atomic mass is 10.1. The fraction of sp³-hybridized carbons (Fsp3) is 0.0833. The van der Waals surface area contributed by atoms with Crippen molar-refractivity contribution in [1.82, 2.24) is 5.32 Å². The van der Waals surface area contributed by atoms with Crippen LogP contribution in [-0.4, -0.2) is 18.9 Å². The number of carbonyl (C=O) groups excluding carboxylic acids is 2. The molecule has 0 aliphatic heterocycles.